The van der Waals surface area contributed by atoms with E-state index in [0.29, 0.717) is 24.3 Å². The largest absolute Gasteiger partial charge is 0.485 e. The van der Waals surface area contributed by atoms with E-state index in [1.807, 2.05) is 0 Å². The lowest BCUT2D eigenvalue weighted by atomic mass is 9.93. The van der Waals surface area contributed by atoms with Gasteiger partial charge in [0.05, 0.1) is 11.9 Å². The van der Waals surface area contributed by atoms with Gasteiger partial charge in [-0.2, -0.15) is 0 Å². The van der Waals surface area contributed by atoms with Crippen LogP contribution in [0.25, 0.3) is 0 Å². The third kappa shape index (κ3) is 3.61. The standard InChI is InChI=1S/C14H16N2O2S/c1-14(2,3)12-9-19-13(16-12)8-18-11-5-4-10(7-17)15-6-11/h4-7,9H,8H2,1-3H3. The van der Waals surface area contributed by atoms with Crippen LogP contribution in [0, 0.1) is 0 Å². The Morgan fingerprint density at radius 1 is 1.37 bits per heavy atom. The Morgan fingerprint density at radius 2 is 2.16 bits per heavy atom. The fraction of sp³-hybridized carbons (Fsp3) is 0.357. The van der Waals surface area contributed by atoms with Crippen LogP contribution in [-0.4, -0.2) is 16.3 Å². The molecule has 2 aromatic rings. The minimum atomic E-state index is 0.0575. The van der Waals surface area contributed by atoms with Gasteiger partial charge in [-0.15, -0.1) is 11.3 Å². The summed E-state index contributed by atoms with van der Waals surface area (Å²) in [6, 6.07) is 3.36. The van der Waals surface area contributed by atoms with E-state index in [1.54, 1.807) is 29.7 Å². The molecule has 100 valence electrons. The minimum absolute atomic E-state index is 0.0575. The molecule has 0 bridgehead atoms. The Balaban J connectivity index is 1.98. The van der Waals surface area contributed by atoms with Gasteiger partial charge in [-0.05, 0) is 12.1 Å². The number of carbonyl (C=O) groups is 1. The normalized spacial score (nSPS) is 11.3. The van der Waals surface area contributed by atoms with Gasteiger partial charge in [0.2, 0.25) is 0 Å². The molecule has 19 heavy (non-hydrogen) atoms. The summed E-state index contributed by atoms with van der Waals surface area (Å²) < 4.78 is 5.59. The SMILES string of the molecule is CC(C)(C)c1csc(COc2ccc(C=O)nc2)n1. The number of aldehydes is 1. The van der Waals surface area contributed by atoms with Crippen molar-refractivity contribution in [2.75, 3.05) is 0 Å². The molecule has 0 unspecified atom stereocenters. The van der Waals surface area contributed by atoms with Gasteiger partial charge in [-0.3, -0.25) is 4.79 Å². The monoisotopic (exact) mass is 276 g/mol. The molecule has 4 nitrogen and oxygen atoms in total. The third-order valence-electron chi connectivity index (χ3n) is 2.56. The number of thiazole rings is 1. The maximum absolute atomic E-state index is 10.5. The summed E-state index contributed by atoms with van der Waals surface area (Å²) in [5, 5.41) is 3.00. The molecule has 5 heteroatoms. The molecule has 0 atom stereocenters. The second-order valence-electron chi connectivity index (χ2n) is 5.20. The zero-order valence-corrected chi connectivity index (χ0v) is 12.0. The summed E-state index contributed by atoms with van der Waals surface area (Å²) in [5.41, 5.74) is 1.53. The highest BCUT2D eigenvalue weighted by Crippen LogP contribution is 2.24. The maximum atomic E-state index is 10.5. The van der Waals surface area contributed by atoms with Gasteiger partial charge >= 0.3 is 0 Å². The van der Waals surface area contributed by atoms with Crippen molar-refractivity contribution in [3.05, 3.63) is 40.1 Å². The third-order valence-corrected chi connectivity index (χ3v) is 3.38. The maximum Gasteiger partial charge on any atom is 0.168 e. The highest BCUT2D eigenvalue weighted by molar-refractivity contribution is 7.09. The molecular weight excluding hydrogens is 260 g/mol. The Labute approximate surface area is 116 Å². The van der Waals surface area contributed by atoms with Crippen LogP contribution >= 0.6 is 11.3 Å². The van der Waals surface area contributed by atoms with Gasteiger partial charge in [-0.1, -0.05) is 20.8 Å². The predicted molar refractivity (Wildman–Crippen MR) is 74.8 cm³/mol. The number of carbonyl (C=O) groups excluding carboxylic acids is 1. The summed E-state index contributed by atoms with van der Waals surface area (Å²) in [5.74, 6) is 0.637. The van der Waals surface area contributed by atoms with Gasteiger partial charge in [-0.25, -0.2) is 9.97 Å². The fourth-order valence-electron chi connectivity index (χ4n) is 1.41. The Kier molecular flexibility index (Phi) is 3.95. The van der Waals surface area contributed by atoms with Crippen molar-refractivity contribution in [1.82, 2.24) is 9.97 Å². The molecular formula is C14H16N2O2S. The molecule has 2 heterocycles. The van der Waals surface area contributed by atoms with Gasteiger partial charge in [0.25, 0.3) is 0 Å². The second kappa shape index (κ2) is 5.48. The van der Waals surface area contributed by atoms with Gasteiger partial charge < -0.3 is 4.74 Å². The zero-order valence-electron chi connectivity index (χ0n) is 11.2. The van der Waals surface area contributed by atoms with E-state index >= 15 is 0 Å². The molecule has 0 aromatic carbocycles. The van der Waals surface area contributed by atoms with E-state index in [2.05, 4.69) is 36.1 Å². The molecule has 0 saturated carbocycles. The van der Waals surface area contributed by atoms with Crippen molar-refractivity contribution in [3.8, 4) is 5.75 Å². The van der Waals surface area contributed by atoms with Crippen molar-refractivity contribution in [2.45, 2.75) is 32.8 Å². The van der Waals surface area contributed by atoms with E-state index in [4.69, 9.17) is 4.74 Å². The van der Waals surface area contributed by atoms with Crippen molar-refractivity contribution in [2.24, 2.45) is 0 Å². The average molecular weight is 276 g/mol. The van der Waals surface area contributed by atoms with Gasteiger partial charge in [0, 0.05) is 10.8 Å². The zero-order chi connectivity index (χ0) is 13.9. The molecule has 0 radical (unpaired) electrons. The molecule has 0 N–H and O–H groups in total. The van der Waals surface area contributed by atoms with Crippen LogP contribution in [0.4, 0.5) is 0 Å². The smallest absolute Gasteiger partial charge is 0.168 e. The van der Waals surface area contributed by atoms with Crippen LogP contribution in [0.1, 0.15) is 42.0 Å². The average Bonchev–Trinajstić information content (AvgIpc) is 2.86. The van der Waals surface area contributed by atoms with Crippen LogP contribution in [0.5, 0.6) is 5.75 Å². The topological polar surface area (TPSA) is 52.1 Å². The Hall–Kier alpha value is -1.75. The molecule has 0 aliphatic carbocycles. The van der Waals surface area contributed by atoms with Crippen molar-refractivity contribution in [3.63, 3.8) is 0 Å². The molecule has 0 fully saturated rings. The molecule has 0 amide bonds. The lowest BCUT2D eigenvalue weighted by Gasteiger charge is -2.14. The highest BCUT2D eigenvalue weighted by Gasteiger charge is 2.17. The van der Waals surface area contributed by atoms with E-state index in [9.17, 15) is 4.79 Å². The first kappa shape index (κ1) is 13.7. The summed E-state index contributed by atoms with van der Waals surface area (Å²) in [4.78, 5) is 19.0. The summed E-state index contributed by atoms with van der Waals surface area (Å²) in [6.07, 6.45) is 2.25. The number of hydrogen-bond donors (Lipinski definition) is 0. The number of rotatable bonds is 4. The summed E-state index contributed by atoms with van der Waals surface area (Å²) in [7, 11) is 0. The lowest BCUT2D eigenvalue weighted by molar-refractivity contribution is 0.111. The van der Waals surface area contributed by atoms with Crippen LogP contribution in [0.3, 0.4) is 0 Å². The predicted octanol–water partition coefficient (Wildman–Crippen LogP) is 3.23. The Bertz CT molecular complexity index is 556. The number of aromatic nitrogens is 2. The number of nitrogens with zero attached hydrogens (tertiary/aromatic N) is 2. The fourth-order valence-corrected chi connectivity index (χ4v) is 2.35. The van der Waals surface area contributed by atoms with E-state index < -0.39 is 0 Å². The molecule has 0 spiro atoms. The highest BCUT2D eigenvalue weighted by atomic mass is 32.1. The van der Waals surface area contributed by atoms with Gasteiger partial charge in [0.15, 0.2) is 6.29 Å². The first-order chi connectivity index (χ1) is 8.99. The minimum Gasteiger partial charge on any atom is -0.485 e. The Morgan fingerprint density at radius 3 is 2.68 bits per heavy atom. The molecule has 0 saturated heterocycles. The first-order valence-electron chi connectivity index (χ1n) is 5.98. The summed E-state index contributed by atoms with van der Waals surface area (Å²) in [6.45, 7) is 6.82. The number of ether oxygens (including phenoxy) is 1. The van der Waals surface area contributed by atoms with Crippen molar-refractivity contribution in [1.29, 1.82) is 0 Å². The molecule has 2 aromatic heterocycles. The van der Waals surface area contributed by atoms with Crippen molar-refractivity contribution < 1.29 is 9.53 Å². The number of pyridine rings is 1. The molecule has 2 rings (SSSR count). The molecule has 0 aliphatic rings. The van der Waals surface area contributed by atoms with Crippen molar-refractivity contribution >= 4 is 17.6 Å². The van der Waals surface area contributed by atoms with E-state index in [1.165, 1.54) is 0 Å². The van der Waals surface area contributed by atoms with Crippen LogP contribution in [0.2, 0.25) is 0 Å². The van der Waals surface area contributed by atoms with Crippen LogP contribution in [0.15, 0.2) is 23.7 Å². The van der Waals surface area contributed by atoms with Crippen LogP contribution in [-0.2, 0) is 12.0 Å². The van der Waals surface area contributed by atoms with E-state index in [0.717, 1.165) is 10.7 Å². The van der Waals surface area contributed by atoms with Gasteiger partial charge in [0.1, 0.15) is 23.1 Å². The quantitative estimate of drug-likeness (QED) is 0.804. The summed E-state index contributed by atoms with van der Waals surface area (Å²) >= 11 is 1.59. The van der Waals surface area contributed by atoms with E-state index in [-0.39, 0.29) is 5.41 Å². The first-order valence-corrected chi connectivity index (χ1v) is 6.86. The van der Waals surface area contributed by atoms with Crippen LogP contribution < -0.4 is 4.74 Å². The molecule has 0 aliphatic heterocycles. The number of hydrogen-bond acceptors (Lipinski definition) is 5. The lowest BCUT2D eigenvalue weighted by Crippen LogP contribution is -2.11. The second-order valence-corrected chi connectivity index (χ2v) is 6.14.